The molecule has 0 radical (unpaired) electrons. The minimum atomic E-state index is -0.187. The maximum absolute atomic E-state index is 12.6. The lowest BCUT2D eigenvalue weighted by atomic mass is 9.97. The molecule has 2 amide bonds. The summed E-state index contributed by atoms with van der Waals surface area (Å²) in [6.45, 7) is 5.06. The Bertz CT molecular complexity index is 1220. The molecule has 1 aliphatic rings. The van der Waals surface area contributed by atoms with Gasteiger partial charge in [0.1, 0.15) is 5.75 Å². The van der Waals surface area contributed by atoms with E-state index in [-0.39, 0.29) is 36.1 Å². The minimum Gasteiger partial charge on any atom is -0.484 e. The van der Waals surface area contributed by atoms with Gasteiger partial charge < -0.3 is 19.5 Å². The predicted octanol–water partition coefficient (Wildman–Crippen LogP) is 3.99. The highest BCUT2D eigenvalue weighted by atomic mass is 16.5. The summed E-state index contributed by atoms with van der Waals surface area (Å²) in [4.78, 5) is 39.0. The van der Waals surface area contributed by atoms with Gasteiger partial charge in [-0.05, 0) is 74.6 Å². The SMILES string of the molecule is CC1CCCC(C)N1C(=O)COc1ccc(C(=O)NCc2ccc(Cn3ccccc3=O)cc2)cc1. The second-order valence-electron chi connectivity index (χ2n) is 9.41. The van der Waals surface area contributed by atoms with E-state index in [0.717, 1.165) is 30.4 Å². The van der Waals surface area contributed by atoms with Crippen LogP contribution in [0.15, 0.2) is 77.7 Å². The molecule has 0 saturated carbocycles. The molecule has 2 heterocycles. The summed E-state index contributed by atoms with van der Waals surface area (Å²) in [7, 11) is 0. The van der Waals surface area contributed by atoms with Gasteiger partial charge in [0.05, 0.1) is 6.54 Å². The molecular formula is C29H33N3O4. The average Bonchev–Trinajstić information content (AvgIpc) is 2.88. The Morgan fingerprint density at radius 3 is 2.25 bits per heavy atom. The van der Waals surface area contributed by atoms with Crippen LogP contribution >= 0.6 is 0 Å². The molecule has 7 nitrogen and oxygen atoms in total. The van der Waals surface area contributed by atoms with Crippen molar-refractivity contribution in [2.24, 2.45) is 0 Å². The Balaban J connectivity index is 1.25. The summed E-state index contributed by atoms with van der Waals surface area (Å²) in [6.07, 6.45) is 4.97. The Morgan fingerprint density at radius 1 is 0.917 bits per heavy atom. The van der Waals surface area contributed by atoms with E-state index < -0.39 is 0 Å². The highest BCUT2D eigenvalue weighted by Crippen LogP contribution is 2.23. The standard InChI is InChI=1S/C29H33N3O4/c1-21-6-5-7-22(2)32(21)28(34)20-36-26-15-13-25(14-16-26)29(35)30-18-23-9-11-24(12-10-23)19-31-17-4-3-8-27(31)33/h3-4,8-17,21-22H,5-7,18-20H2,1-2H3,(H,30,35). The number of carbonyl (C=O) groups excluding carboxylic acids is 2. The zero-order valence-electron chi connectivity index (χ0n) is 20.9. The lowest BCUT2D eigenvalue weighted by Crippen LogP contribution is -2.49. The summed E-state index contributed by atoms with van der Waals surface area (Å²) in [5, 5.41) is 2.92. The molecule has 0 bridgehead atoms. The summed E-state index contributed by atoms with van der Waals surface area (Å²) in [5.74, 6) is 0.372. The number of hydrogen-bond donors (Lipinski definition) is 1. The molecular weight excluding hydrogens is 454 g/mol. The van der Waals surface area contributed by atoms with E-state index in [1.54, 1.807) is 47.2 Å². The summed E-state index contributed by atoms with van der Waals surface area (Å²) in [6, 6.07) is 20.2. The second kappa shape index (κ2) is 11.7. The number of nitrogens with one attached hydrogen (secondary N) is 1. The van der Waals surface area contributed by atoms with Gasteiger partial charge in [0.25, 0.3) is 17.4 Å². The molecule has 36 heavy (non-hydrogen) atoms. The number of aromatic nitrogens is 1. The number of pyridine rings is 1. The van der Waals surface area contributed by atoms with Gasteiger partial charge in [0, 0.05) is 36.5 Å². The first-order chi connectivity index (χ1) is 17.4. The predicted molar refractivity (Wildman–Crippen MR) is 139 cm³/mol. The van der Waals surface area contributed by atoms with Crippen LogP contribution in [-0.2, 0) is 17.9 Å². The number of benzene rings is 2. The largest absolute Gasteiger partial charge is 0.484 e. The van der Waals surface area contributed by atoms with Gasteiger partial charge in [0.15, 0.2) is 6.61 Å². The van der Waals surface area contributed by atoms with E-state index >= 15 is 0 Å². The van der Waals surface area contributed by atoms with Gasteiger partial charge in [-0.25, -0.2) is 0 Å². The van der Waals surface area contributed by atoms with Crippen LogP contribution < -0.4 is 15.6 Å². The van der Waals surface area contributed by atoms with E-state index in [0.29, 0.717) is 24.4 Å². The van der Waals surface area contributed by atoms with Crippen molar-refractivity contribution >= 4 is 11.8 Å². The van der Waals surface area contributed by atoms with Crippen LogP contribution in [0.4, 0.5) is 0 Å². The molecule has 1 saturated heterocycles. The van der Waals surface area contributed by atoms with Crippen LogP contribution in [0.2, 0.25) is 0 Å². The van der Waals surface area contributed by atoms with E-state index in [9.17, 15) is 14.4 Å². The zero-order chi connectivity index (χ0) is 25.5. The topological polar surface area (TPSA) is 80.6 Å². The van der Waals surface area contributed by atoms with Gasteiger partial charge in [-0.2, -0.15) is 0 Å². The smallest absolute Gasteiger partial charge is 0.260 e. The number of hydrogen-bond acceptors (Lipinski definition) is 4. The van der Waals surface area contributed by atoms with Crippen molar-refractivity contribution in [3.63, 3.8) is 0 Å². The molecule has 188 valence electrons. The van der Waals surface area contributed by atoms with E-state index in [1.165, 1.54) is 0 Å². The van der Waals surface area contributed by atoms with Crippen LogP contribution in [0.1, 0.15) is 54.6 Å². The van der Waals surface area contributed by atoms with Gasteiger partial charge >= 0.3 is 0 Å². The fraction of sp³-hybridized carbons (Fsp3) is 0.345. The molecule has 2 aromatic carbocycles. The van der Waals surface area contributed by atoms with Gasteiger partial charge in [-0.1, -0.05) is 30.3 Å². The third kappa shape index (κ3) is 6.42. The first-order valence-corrected chi connectivity index (χ1v) is 12.5. The molecule has 1 fully saturated rings. The molecule has 0 aliphatic carbocycles. The molecule has 0 spiro atoms. The van der Waals surface area contributed by atoms with Crippen LogP contribution in [0.25, 0.3) is 0 Å². The van der Waals surface area contributed by atoms with Gasteiger partial charge in [-0.3, -0.25) is 14.4 Å². The van der Waals surface area contributed by atoms with Crippen molar-refractivity contribution in [1.82, 2.24) is 14.8 Å². The number of amides is 2. The molecule has 3 aromatic rings. The molecule has 1 aromatic heterocycles. The maximum Gasteiger partial charge on any atom is 0.260 e. The van der Waals surface area contributed by atoms with Crippen molar-refractivity contribution in [3.05, 3.63) is 100.0 Å². The van der Waals surface area contributed by atoms with Crippen LogP contribution in [0.3, 0.4) is 0 Å². The molecule has 7 heteroatoms. The zero-order valence-corrected chi connectivity index (χ0v) is 20.9. The first kappa shape index (κ1) is 25.2. The highest BCUT2D eigenvalue weighted by Gasteiger charge is 2.28. The van der Waals surface area contributed by atoms with E-state index in [1.807, 2.05) is 35.2 Å². The molecule has 2 unspecified atom stereocenters. The Morgan fingerprint density at radius 2 is 1.58 bits per heavy atom. The van der Waals surface area contributed by atoms with Crippen LogP contribution in [0.5, 0.6) is 5.75 Å². The third-order valence-electron chi connectivity index (χ3n) is 6.69. The van der Waals surface area contributed by atoms with E-state index in [2.05, 4.69) is 19.2 Å². The van der Waals surface area contributed by atoms with Crippen LogP contribution in [-0.4, -0.2) is 40.0 Å². The maximum atomic E-state index is 12.6. The summed E-state index contributed by atoms with van der Waals surface area (Å²) < 4.78 is 7.35. The van der Waals surface area contributed by atoms with Gasteiger partial charge in [-0.15, -0.1) is 0 Å². The number of nitrogens with zero attached hydrogens (tertiary/aromatic N) is 2. The quantitative estimate of drug-likeness (QED) is 0.521. The summed E-state index contributed by atoms with van der Waals surface area (Å²) in [5.41, 5.74) is 2.46. The van der Waals surface area contributed by atoms with Crippen molar-refractivity contribution in [2.45, 2.75) is 58.3 Å². The van der Waals surface area contributed by atoms with Crippen molar-refractivity contribution < 1.29 is 14.3 Å². The number of likely N-dealkylation sites (tertiary alicyclic amines) is 1. The molecule has 1 N–H and O–H groups in total. The minimum absolute atomic E-state index is 0.00151. The number of rotatable bonds is 8. The first-order valence-electron chi connectivity index (χ1n) is 12.5. The summed E-state index contributed by atoms with van der Waals surface area (Å²) >= 11 is 0. The number of piperidine rings is 1. The second-order valence-corrected chi connectivity index (χ2v) is 9.41. The fourth-order valence-corrected chi connectivity index (χ4v) is 4.67. The highest BCUT2D eigenvalue weighted by molar-refractivity contribution is 5.94. The lowest BCUT2D eigenvalue weighted by molar-refractivity contribution is -0.139. The normalized spacial score (nSPS) is 17.4. The van der Waals surface area contributed by atoms with Crippen molar-refractivity contribution in [3.8, 4) is 5.75 Å². The lowest BCUT2D eigenvalue weighted by Gasteiger charge is -2.38. The van der Waals surface area contributed by atoms with Crippen LogP contribution in [0, 0.1) is 0 Å². The molecule has 1 aliphatic heterocycles. The monoisotopic (exact) mass is 487 g/mol. The third-order valence-corrected chi connectivity index (χ3v) is 6.69. The number of ether oxygens (including phenoxy) is 1. The Kier molecular flexibility index (Phi) is 8.21. The van der Waals surface area contributed by atoms with E-state index in [4.69, 9.17) is 4.74 Å². The Hall–Kier alpha value is -3.87. The fourth-order valence-electron chi connectivity index (χ4n) is 4.67. The Labute approximate surface area is 211 Å². The molecule has 2 atom stereocenters. The van der Waals surface area contributed by atoms with Crippen molar-refractivity contribution in [2.75, 3.05) is 6.61 Å². The van der Waals surface area contributed by atoms with Gasteiger partial charge in [0.2, 0.25) is 0 Å². The molecule has 4 rings (SSSR count). The number of carbonyl (C=O) groups is 2. The average molecular weight is 488 g/mol. The van der Waals surface area contributed by atoms with Crippen molar-refractivity contribution in [1.29, 1.82) is 0 Å².